The van der Waals surface area contributed by atoms with Crippen LogP contribution in [0.4, 0.5) is 0 Å². The van der Waals surface area contributed by atoms with E-state index in [9.17, 15) is 9.59 Å². The summed E-state index contributed by atoms with van der Waals surface area (Å²) >= 11 is 0. The molecule has 144 valence electrons. The number of carbonyl (C=O) groups excluding carboxylic acids is 2. The fraction of sp³-hybridized carbons (Fsp3) is 0.619. The number of likely N-dealkylation sites (tertiary alicyclic amines) is 1. The van der Waals surface area contributed by atoms with Crippen LogP contribution in [-0.2, 0) is 16.0 Å². The maximum atomic E-state index is 12.2. The van der Waals surface area contributed by atoms with Gasteiger partial charge < -0.3 is 15.0 Å². The Bertz CT molecular complexity index is 575. The van der Waals surface area contributed by atoms with E-state index in [2.05, 4.69) is 19.2 Å². The minimum Gasteiger partial charge on any atom is -0.494 e. The van der Waals surface area contributed by atoms with Crippen LogP contribution in [0, 0.1) is 5.92 Å². The van der Waals surface area contributed by atoms with Crippen molar-refractivity contribution in [3.05, 3.63) is 29.8 Å². The molecule has 1 aromatic carbocycles. The fourth-order valence-electron chi connectivity index (χ4n) is 3.23. The Balaban J connectivity index is 1.68. The second-order valence-electron chi connectivity index (χ2n) is 7.40. The van der Waals surface area contributed by atoms with Crippen molar-refractivity contribution < 1.29 is 14.3 Å². The number of hydrogen-bond donors (Lipinski definition) is 1. The van der Waals surface area contributed by atoms with Crippen LogP contribution in [0.25, 0.3) is 0 Å². The molecule has 0 unspecified atom stereocenters. The Labute approximate surface area is 157 Å². The number of aryl methyl sites for hydroxylation is 1. The van der Waals surface area contributed by atoms with Gasteiger partial charge in [-0.25, -0.2) is 0 Å². The number of rotatable bonds is 8. The highest BCUT2D eigenvalue weighted by atomic mass is 16.5. The van der Waals surface area contributed by atoms with Crippen molar-refractivity contribution in [1.29, 1.82) is 0 Å². The standard InChI is InChI=1S/C21H32N2O3/c1-4-26-19-8-5-17(6-9-19)7-10-20(24)22-18-11-13-23(14-12-18)21(25)15-16(2)3/h5-6,8-9,16,18H,4,7,10-15H2,1-3H3,(H,22,24). The van der Waals surface area contributed by atoms with Gasteiger partial charge in [-0.3, -0.25) is 9.59 Å². The molecule has 1 aliphatic heterocycles. The predicted molar refractivity (Wildman–Crippen MR) is 103 cm³/mol. The summed E-state index contributed by atoms with van der Waals surface area (Å²) in [5.74, 6) is 1.58. The third-order valence-electron chi connectivity index (χ3n) is 4.67. The molecular weight excluding hydrogens is 328 g/mol. The Kier molecular flexibility index (Phi) is 7.95. The van der Waals surface area contributed by atoms with E-state index >= 15 is 0 Å². The molecule has 0 radical (unpaired) electrons. The van der Waals surface area contributed by atoms with Gasteiger partial charge in [-0.2, -0.15) is 0 Å². The molecule has 0 saturated carbocycles. The minimum absolute atomic E-state index is 0.0887. The number of piperidine rings is 1. The number of ether oxygens (including phenoxy) is 1. The summed E-state index contributed by atoms with van der Waals surface area (Å²) < 4.78 is 5.43. The predicted octanol–water partition coefficient (Wildman–Crippen LogP) is 3.17. The Morgan fingerprint density at radius 3 is 2.42 bits per heavy atom. The van der Waals surface area contributed by atoms with Crippen LogP contribution in [0.1, 0.15) is 52.0 Å². The molecule has 0 spiro atoms. The molecule has 0 aromatic heterocycles. The van der Waals surface area contributed by atoms with E-state index in [4.69, 9.17) is 4.74 Å². The van der Waals surface area contributed by atoms with Crippen molar-refractivity contribution >= 4 is 11.8 Å². The Hall–Kier alpha value is -2.04. The molecule has 0 atom stereocenters. The zero-order valence-corrected chi connectivity index (χ0v) is 16.3. The largest absolute Gasteiger partial charge is 0.494 e. The van der Waals surface area contributed by atoms with Gasteiger partial charge in [0, 0.05) is 32.0 Å². The summed E-state index contributed by atoms with van der Waals surface area (Å²) in [6.45, 7) is 8.24. The van der Waals surface area contributed by atoms with E-state index in [0.29, 0.717) is 25.4 Å². The summed E-state index contributed by atoms with van der Waals surface area (Å²) in [6, 6.07) is 8.10. The average molecular weight is 360 g/mol. The van der Waals surface area contributed by atoms with Crippen molar-refractivity contribution in [2.24, 2.45) is 5.92 Å². The highest BCUT2D eigenvalue weighted by Crippen LogP contribution is 2.15. The van der Waals surface area contributed by atoms with Gasteiger partial charge >= 0.3 is 0 Å². The van der Waals surface area contributed by atoms with Gasteiger partial charge in [0.15, 0.2) is 0 Å². The van der Waals surface area contributed by atoms with E-state index in [1.807, 2.05) is 36.1 Å². The molecule has 5 heteroatoms. The molecule has 2 amide bonds. The van der Waals surface area contributed by atoms with Gasteiger partial charge in [0.1, 0.15) is 5.75 Å². The number of nitrogens with zero attached hydrogens (tertiary/aromatic N) is 1. The van der Waals surface area contributed by atoms with E-state index in [-0.39, 0.29) is 17.9 Å². The third kappa shape index (κ3) is 6.70. The minimum atomic E-state index is 0.0887. The van der Waals surface area contributed by atoms with E-state index in [1.165, 1.54) is 0 Å². The first-order chi connectivity index (χ1) is 12.5. The topological polar surface area (TPSA) is 58.6 Å². The SMILES string of the molecule is CCOc1ccc(CCC(=O)NC2CCN(C(=O)CC(C)C)CC2)cc1. The maximum Gasteiger partial charge on any atom is 0.222 e. The molecule has 5 nitrogen and oxygen atoms in total. The Morgan fingerprint density at radius 1 is 1.19 bits per heavy atom. The first-order valence-corrected chi connectivity index (χ1v) is 9.76. The first kappa shape index (κ1) is 20.3. The second-order valence-corrected chi connectivity index (χ2v) is 7.40. The molecule has 0 aliphatic carbocycles. The van der Waals surface area contributed by atoms with Gasteiger partial charge in [0.25, 0.3) is 0 Å². The molecule has 1 heterocycles. The highest BCUT2D eigenvalue weighted by Gasteiger charge is 2.23. The van der Waals surface area contributed by atoms with E-state index in [0.717, 1.165) is 43.7 Å². The van der Waals surface area contributed by atoms with Gasteiger partial charge in [-0.15, -0.1) is 0 Å². The molecule has 1 fully saturated rings. The van der Waals surface area contributed by atoms with Crippen molar-refractivity contribution in [2.75, 3.05) is 19.7 Å². The number of amides is 2. The molecule has 1 aromatic rings. The quantitative estimate of drug-likeness (QED) is 0.775. The lowest BCUT2D eigenvalue weighted by molar-refractivity contribution is -0.133. The van der Waals surface area contributed by atoms with Crippen molar-refractivity contribution in [1.82, 2.24) is 10.2 Å². The maximum absolute atomic E-state index is 12.2. The molecule has 1 saturated heterocycles. The second kappa shape index (κ2) is 10.2. The van der Waals surface area contributed by atoms with E-state index < -0.39 is 0 Å². The number of nitrogens with one attached hydrogen (secondary N) is 1. The van der Waals surface area contributed by atoms with Crippen molar-refractivity contribution in [3.63, 3.8) is 0 Å². The van der Waals surface area contributed by atoms with Crippen molar-refractivity contribution in [2.45, 2.75) is 58.9 Å². The van der Waals surface area contributed by atoms with Gasteiger partial charge in [-0.05, 0) is 49.8 Å². The number of benzene rings is 1. The first-order valence-electron chi connectivity index (χ1n) is 9.76. The summed E-state index contributed by atoms with van der Waals surface area (Å²) in [6.07, 6.45) is 3.51. The summed E-state index contributed by atoms with van der Waals surface area (Å²) in [5.41, 5.74) is 1.14. The summed E-state index contributed by atoms with van der Waals surface area (Å²) in [4.78, 5) is 26.2. The highest BCUT2D eigenvalue weighted by molar-refractivity contribution is 5.77. The summed E-state index contributed by atoms with van der Waals surface area (Å²) in [7, 11) is 0. The average Bonchev–Trinajstić information content (AvgIpc) is 2.61. The molecule has 26 heavy (non-hydrogen) atoms. The summed E-state index contributed by atoms with van der Waals surface area (Å²) in [5, 5.41) is 3.12. The normalized spacial score (nSPS) is 15.2. The lowest BCUT2D eigenvalue weighted by Gasteiger charge is -2.33. The van der Waals surface area contributed by atoms with Crippen LogP contribution < -0.4 is 10.1 Å². The van der Waals surface area contributed by atoms with Crippen LogP contribution in [0.2, 0.25) is 0 Å². The van der Waals surface area contributed by atoms with Gasteiger partial charge in [-0.1, -0.05) is 26.0 Å². The molecule has 1 N–H and O–H groups in total. The van der Waals surface area contributed by atoms with Gasteiger partial charge in [0.05, 0.1) is 6.61 Å². The van der Waals surface area contributed by atoms with Crippen molar-refractivity contribution in [3.8, 4) is 5.75 Å². The van der Waals surface area contributed by atoms with Crippen LogP contribution in [0.15, 0.2) is 24.3 Å². The monoisotopic (exact) mass is 360 g/mol. The zero-order valence-electron chi connectivity index (χ0n) is 16.3. The van der Waals surface area contributed by atoms with Crippen LogP contribution >= 0.6 is 0 Å². The van der Waals surface area contributed by atoms with E-state index in [1.54, 1.807) is 0 Å². The smallest absolute Gasteiger partial charge is 0.222 e. The molecular formula is C21H32N2O3. The molecule has 0 bridgehead atoms. The van der Waals surface area contributed by atoms with Gasteiger partial charge in [0.2, 0.25) is 11.8 Å². The number of carbonyl (C=O) groups is 2. The van der Waals surface area contributed by atoms with Crippen LogP contribution in [0.5, 0.6) is 5.75 Å². The zero-order chi connectivity index (χ0) is 18.9. The van der Waals surface area contributed by atoms with Crippen LogP contribution in [0.3, 0.4) is 0 Å². The fourth-order valence-corrected chi connectivity index (χ4v) is 3.23. The third-order valence-corrected chi connectivity index (χ3v) is 4.67. The lowest BCUT2D eigenvalue weighted by Crippen LogP contribution is -2.46. The lowest BCUT2D eigenvalue weighted by atomic mass is 10.0. The Morgan fingerprint density at radius 2 is 1.85 bits per heavy atom. The van der Waals surface area contributed by atoms with Crippen LogP contribution in [-0.4, -0.2) is 42.5 Å². The molecule has 1 aliphatic rings. The molecule has 2 rings (SSSR count). The number of hydrogen-bond acceptors (Lipinski definition) is 3.